The van der Waals surface area contributed by atoms with Crippen LogP contribution in [0.1, 0.15) is 24.8 Å². The first-order chi connectivity index (χ1) is 16.2. The standard InChI is InChI=1S/C25H29FN2O5/c26-17-9-11-18(12-10-17)33-22-15-32-23-20(14-31-24(22)23)28-25(29)27-19-7-4-8-21(19)30-13-16-5-2-1-3-6-16/h1-3,5-6,9-12,19-24H,4,7-8,13-15H2,(H2,27,28,29)/t19-,20+,21-,22+,23-,24-/m1/s1. The average molecular weight is 457 g/mol. The summed E-state index contributed by atoms with van der Waals surface area (Å²) in [6, 6.07) is 15.4. The zero-order chi connectivity index (χ0) is 22.6. The highest BCUT2D eigenvalue weighted by Crippen LogP contribution is 2.30. The van der Waals surface area contributed by atoms with Gasteiger partial charge in [0.25, 0.3) is 0 Å². The Hall–Kier alpha value is -2.68. The van der Waals surface area contributed by atoms with Crippen molar-refractivity contribution in [3.8, 4) is 5.75 Å². The van der Waals surface area contributed by atoms with E-state index in [0.29, 0.717) is 25.6 Å². The Kier molecular flexibility index (Phi) is 6.75. The van der Waals surface area contributed by atoms with Crippen molar-refractivity contribution in [2.75, 3.05) is 13.2 Å². The second kappa shape index (κ2) is 10.1. The Morgan fingerprint density at radius 1 is 0.909 bits per heavy atom. The maximum atomic E-state index is 13.1. The van der Waals surface area contributed by atoms with Gasteiger partial charge in [0, 0.05) is 0 Å². The van der Waals surface area contributed by atoms with Crippen molar-refractivity contribution < 1.29 is 28.1 Å². The molecule has 3 aliphatic rings. The number of benzene rings is 2. The Labute approximate surface area is 192 Å². The van der Waals surface area contributed by atoms with Gasteiger partial charge in [-0.15, -0.1) is 0 Å². The summed E-state index contributed by atoms with van der Waals surface area (Å²) in [5.41, 5.74) is 1.12. The molecule has 2 N–H and O–H groups in total. The summed E-state index contributed by atoms with van der Waals surface area (Å²) < 4.78 is 36.9. The lowest BCUT2D eigenvalue weighted by molar-refractivity contribution is 0.0290. The molecule has 2 saturated heterocycles. The van der Waals surface area contributed by atoms with Crippen LogP contribution in [-0.2, 0) is 20.8 Å². The molecule has 5 rings (SSSR count). The summed E-state index contributed by atoms with van der Waals surface area (Å²) in [6.07, 6.45) is 1.97. The van der Waals surface area contributed by atoms with E-state index in [2.05, 4.69) is 10.6 Å². The van der Waals surface area contributed by atoms with E-state index in [1.165, 1.54) is 12.1 Å². The van der Waals surface area contributed by atoms with E-state index in [9.17, 15) is 9.18 Å². The number of ether oxygens (including phenoxy) is 4. The lowest BCUT2D eigenvalue weighted by atomic mass is 10.1. The zero-order valence-corrected chi connectivity index (χ0v) is 18.3. The quantitative estimate of drug-likeness (QED) is 0.669. The molecule has 2 aromatic carbocycles. The second-order valence-electron chi connectivity index (χ2n) is 8.80. The predicted molar refractivity (Wildman–Crippen MR) is 118 cm³/mol. The third kappa shape index (κ3) is 5.29. The molecule has 8 heteroatoms. The molecule has 2 aliphatic heterocycles. The first kappa shape index (κ1) is 22.1. The number of amides is 2. The maximum absolute atomic E-state index is 13.1. The highest BCUT2D eigenvalue weighted by Gasteiger charge is 2.49. The smallest absolute Gasteiger partial charge is 0.315 e. The molecule has 0 unspecified atom stereocenters. The third-order valence-corrected chi connectivity index (χ3v) is 6.50. The number of halogens is 1. The summed E-state index contributed by atoms with van der Waals surface area (Å²) in [6.45, 7) is 1.24. The lowest BCUT2D eigenvalue weighted by Crippen LogP contribution is -2.52. The number of hydrogen-bond donors (Lipinski definition) is 2. The van der Waals surface area contributed by atoms with Crippen LogP contribution in [0.25, 0.3) is 0 Å². The molecule has 1 saturated carbocycles. The van der Waals surface area contributed by atoms with Crippen molar-refractivity contribution in [2.45, 2.75) is 62.4 Å². The van der Waals surface area contributed by atoms with Crippen molar-refractivity contribution in [3.63, 3.8) is 0 Å². The highest BCUT2D eigenvalue weighted by atomic mass is 19.1. The normalized spacial score (nSPS) is 30.7. The van der Waals surface area contributed by atoms with Crippen LogP contribution in [0.5, 0.6) is 5.75 Å². The minimum Gasteiger partial charge on any atom is -0.485 e. The van der Waals surface area contributed by atoms with Gasteiger partial charge in [0.15, 0.2) is 6.10 Å². The highest BCUT2D eigenvalue weighted by molar-refractivity contribution is 5.74. The Morgan fingerprint density at radius 3 is 2.48 bits per heavy atom. The molecule has 0 aromatic heterocycles. The molecular weight excluding hydrogens is 427 g/mol. The largest absolute Gasteiger partial charge is 0.485 e. The molecule has 3 fully saturated rings. The molecule has 2 amide bonds. The van der Waals surface area contributed by atoms with E-state index in [4.69, 9.17) is 18.9 Å². The van der Waals surface area contributed by atoms with Crippen molar-refractivity contribution in [3.05, 3.63) is 66.0 Å². The molecular formula is C25H29FN2O5. The zero-order valence-electron chi connectivity index (χ0n) is 18.3. The van der Waals surface area contributed by atoms with Gasteiger partial charge in [0.05, 0.1) is 38.0 Å². The van der Waals surface area contributed by atoms with Crippen LogP contribution in [0, 0.1) is 5.82 Å². The van der Waals surface area contributed by atoms with Gasteiger partial charge in [0.1, 0.15) is 23.8 Å². The van der Waals surface area contributed by atoms with E-state index in [1.54, 1.807) is 12.1 Å². The van der Waals surface area contributed by atoms with Crippen molar-refractivity contribution in [1.82, 2.24) is 10.6 Å². The van der Waals surface area contributed by atoms with E-state index >= 15 is 0 Å². The minimum absolute atomic E-state index is 0.000229. The summed E-state index contributed by atoms with van der Waals surface area (Å²) >= 11 is 0. The van der Waals surface area contributed by atoms with Gasteiger partial charge in [0.2, 0.25) is 0 Å². The number of rotatable bonds is 7. The van der Waals surface area contributed by atoms with Gasteiger partial charge >= 0.3 is 6.03 Å². The van der Waals surface area contributed by atoms with Crippen LogP contribution in [0.3, 0.4) is 0 Å². The number of carbonyl (C=O) groups is 1. The van der Waals surface area contributed by atoms with Crippen molar-refractivity contribution in [2.24, 2.45) is 0 Å². The van der Waals surface area contributed by atoms with E-state index in [0.717, 1.165) is 24.8 Å². The van der Waals surface area contributed by atoms with Crippen LogP contribution < -0.4 is 15.4 Å². The van der Waals surface area contributed by atoms with Crippen LogP contribution in [-0.4, -0.2) is 55.7 Å². The maximum Gasteiger partial charge on any atom is 0.315 e. The number of carbonyl (C=O) groups excluding carboxylic acids is 1. The Bertz CT molecular complexity index is 928. The van der Waals surface area contributed by atoms with E-state index in [1.807, 2.05) is 30.3 Å². The van der Waals surface area contributed by atoms with Crippen LogP contribution in [0.4, 0.5) is 9.18 Å². The monoisotopic (exact) mass is 456 g/mol. The molecule has 0 spiro atoms. The van der Waals surface area contributed by atoms with Gasteiger partial charge in [-0.3, -0.25) is 0 Å². The van der Waals surface area contributed by atoms with Crippen LogP contribution in [0.2, 0.25) is 0 Å². The molecule has 7 nitrogen and oxygen atoms in total. The molecule has 0 bridgehead atoms. The molecule has 176 valence electrons. The minimum atomic E-state index is -0.315. The molecule has 33 heavy (non-hydrogen) atoms. The number of urea groups is 1. The average Bonchev–Trinajstić information content (AvgIpc) is 3.54. The molecule has 2 aromatic rings. The first-order valence-electron chi connectivity index (χ1n) is 11.5. The topological polar surface area (TPSA) is 78.1 Å². The summed E-state index contributed by atoms with van der Waals surface area (Å²) in [4.78, 5) is 12.7. The van der Waals surface area contributed by atoms with Crippen LogP contribution in [0.15, 0.2) is 54.6 Å². The van der Waals surface area contributed by atoms with E-state index in [-0.39, 0.29) is 48.3 Å². The SMILES string of the molecule is O=C(N[C@H]1CO[C@H]2[C@@H]1OC[C@@H]2Oc1ccc(F)cc1)N[C@@H]1CCC[C@H]1OCc1ccccc1. The Morgan fingerprint density at radius 2 is 1.67 bits per heavy atom. The summed E-state index contributed by atoms with van der Waals surface area (Å²) in [7, 11) is 0. The molecule has 0 radical (unpaired) electrons. The Balaban J connectivity index is 1.10. The number of hydrogen-bond acceptors (Lipinski definition) is 5. The number of fused-ring (bicyclic) bond motifs is 1. The fraction of sp³-hybridized carbons (Fsp3) is 0.480. The number of nitrogens with one attached hydrogen (secondary N) is 2. The van der Waals surface area contributed by atoms with Crippen molar-refractivity contribution >= 4 is 6.03 Å². The fourth-order valence-corrected chi connectivity index (χ4v) is 4.82. The van der Waals surface area contributed by atoms with Gasteiger partial charge in [-0.25, -0.2) is 9.18 Å². The lowest BCUT2D eigenvalue weighted by Gasteiger charge is -2.24. The summed E-state index contributed by atoms with van der Waals surface area (Å²) in [5.74, 6) is 0.247. The van der Waals surface area contributed by atoms with E-state index < -0.39 is 0 Å². The van der Waals surface area contributed by atoms with Gasteiger partial charge in [-0.05, 0) is 49.1 Å². The van der Waals surface area contributed by atoms with Crippen molar-refractivity contribution in [1.29, 1.82) is 0 Å². The fourth-order valence-electron chi connectivity index (χ4n) is 4.82. The molecule has 1 aliphatic carbocycles. The third-order valence-electron chi connectivity index (χ3n) is 6.50. The van der Waals surface area contributed by atoms with Gasteiger partial charge in [-0.2, -0.15) is 0 Å². The van der Waals surface area contributed by atoms with Gasteiger partial charge < -0.3 is 29.6 Å². The second-order valence-corrected chi connectivity index (χ2v) is 8.80. The first-order valence-corrected chi connectivity index (χ1v) is 11.5. The predicted octanol–water partition coefficient (Wildman–Crippen LogP) is 3.18. The molecule has 2 heterocycles. The van der Waals surface area contributed by atoms with Crippen LogP contribution >= 0.6 is 0 Å². The summed E-state index contributed by atoms with van der Waals surface area (Å²) in [5, 5.41) is 6.08. The molecule has 6 atom stereocenters. The van der Waals surface area contributed by atoms with Gasteiger partial charge in [-0.1, -0.05) is 30.3 Å².